The van der Waals surface area contributed by atoms with Gasteiger partial charge < -0.3 is 0 Å². The first kappa shape index (κ1) is 21.7. The van der Waals surface area contributed by atoms with E-state index in [-0.39, 0.29) is 26.4 Å². The number of benzene rings is 2. The number of amides is 1. The molecule has 2 aromatic carbocycles. The summed E-state index contributed by atoms with van der Waals surface area (Å²) in [6.07, 6.45) is 0. The Morgan fingerprint density at radius 3 is 2.62 bits per heavy atom. The molecule has 0 saturated carbocycles. The molecule has 3 rings (SSSR count). The molecule has 0 aliphatic carbocycles. The Kier molecular flexibility index (Phi) is 6.85. The second-order valence-electron chi connectivity index (χ2n) is 5.60. The van der Waals surface area contributed by atoms with E-state index in [1.807, 2.05) is 0 Å². The average Bonchev–Trinajstić information content (AvgIpc) is 3.15. The van der Waals surface area contributed by atoms with Gasteiger partial charge in [-0.25, -0.2) is 17.5 Å². The van der Waals surface area contributed by atoms with Gasteiger partial charge in [-0.2, -0.15) is 0 Å². The molecule has 1 amide bonds. The number of hydrogen-bond donors (Lipinski definition) is 2. The van der Waals surface area contributed by atoms with E-state index in [0.29, 0.717) is 10.1 Å². The highest BCUT2D eigenvalue weighted by Crippen LogP contribution is 2.29. The van der Waals surface area contributed by atoms with Crippen LogP contribution in [0.4, 0.5) is 9.52 Å². The lowest BCUT2D eigenvalue weighted by Crippen LogP contribution is -2.20. The van der Waals surface area contributed by atoms with Gasteiger partial charge >= 0.3 is 0 Å². The molecule has 0 fully saturated rings. The van der Waals surface area contributed by atoms with Crippen molar-refractivity contribution in [1.29, 1.82) is 0 Å². The summed E-state index contributed by atoms with van der Waals surface area (Å²) in [4.78, 5) is 12.2. The summed E-state index contributed by atoms with van der Waals surface area (Å²) in [6.45, 7) is 0. The predicted molar refractivity (Wildman–Crippen MR) is 112 cm³/mol. The second-order valence-corrected chi connectivity index (χ2v) is 10.1. The van der Waals surface area contributed by atoms with Crippen LogP contribution in [0.15, 0.2) is 51.7 Å². The fraction of sp³-hybridized carbons (Fsp3) is 0.118. The predicted octanol–water partition coefficient (Wildman–Crippen LogP) is 3.78. The van der Waals surface area contributed by atoms with E-state index in [1.165, 1.54) is 60.5 Å². The van der Waals surface area contributed by atoms with Crippen LogP contribution < -0.4 is 10.0 Å². The maximum atomic E-state index is 12.9. The molecule has 0 atom stereocenters. The third-order valence-corrected chi connectivity index (χ3v) is 7.59. The third kappa shape index (κ3) is 5.52. The first-order chi connectivity index (χ1) is 13.8. The number of carbonyl (C=O) groups is 1. The number of aromatic nitrogens is 2. The zero-order chi connectivity index (χ0) is 21.0. The monoisotopic (exact) mass is 472 g/mol. The first-order valence-electron chi connectivity index (χ1n) is 8.03. The Morgan fingerprint density at radius 1 is 1.21 bits per heavy atom. The second kappa shape index (κ2) is 9.18. The standard InChI is InChI=1S/C17H14ClFN4O3S3/c1-20-29(25,26)14-8-11(4-7-13(14)18)15(24)21-16-22-23-17(28-16)27-9-10-2-5-12(19)6-3-10/h2-8,20H,9H2,1H3,(H,21,22,24). The lowest BCUT2D eigenvalue weighted by molar-refractivity contribution is 0.102. The summed E-state index contributed by atoms with van der Waals surface area (Å²) >= 11 is 8.50. The number of nitrogens with zero attached hydrogens (tertiary/aromatic N) is 2. The van der Waals surface area contributed by atoms with Crippen LogP contribution in [0.2, 0.25) is 5.02 Å². The summed E-state index contributed by atoms with van der Waals surface area (Å²) in [5, 5.41) is 10.8. The molecule has 0 bridgehead atoms. The topological polar surface area (TPSA) is 101 Å². The molecule has 0 aliphatic heterocycles. The fourth-order valence-corrected chi connectivity index (χ4v) is 5.13. The van der Waals surface area contributed by atoms with Gasteiger partial charge in [-0.3, -0.25) is 10.1 Å². The minimum Gasteiger partial charge on any atom is -0.296 e. The van der Waals surface area contributed by atoms with Crippen LogP contribution in [0.1, 0.15) is 15.9 Å². The van der Waals surface area contributed by atoms with Crippen molar-refractivity contribution < 1.29 is 17.6 Å². The van der Waals surface area contributed by atoms with E-state index >= 15 is 0 Å². The molecule has 0 radical (unpaired) electrons. The van der Waals surface area contributed by atoms with Crippen LogP contribution in [0.3, 0.4) is 0 Å². The maximum absolute atomic E-state index is 12.9. The summed E-state index contributed by atoms with van der Waals surface area (Å²) in [7, 11) is -2.55. The SMILES string of the molecule is CNS(=O)(=O)c1cc(C(=O)Nc2nnc(SCc3ccc(F)cc3)s2)ccc1Cl. The molecular weight excluding hydrogens is 459 g/mol. The van der Waals surface area contributed by atoms with Crippen molar-refractivity contribution in [3.8, 4) is 0 Å². The van der Waals surface area contributed by atoms with Crippen molar-refractivity contribution in [2.45, 2.75) is 15.0 Å². The zero-order valence-corrected chi connectivity index (χ0v) is 18.1. The average molecular weight is 473 g/mol. The van der Waals surface area contributed by atoms with Crippen LogP contribution >= 0.6 is 34.7 Å². The van der Waals surface area contributed by atoms with Crippen LogP contribution in [0.5, 0.6) is 0 Å². The minimum atomic E-state index is -3.80. The zero-order valence-electron chi connectivity index (χ0n) is 14.8. The van der Waals surface area contributed by atoms with E-state index in [1.54, 1.807) is 12.1 Å². The Hall–Kier alpha value is -2.05. The highest BCUT2D eigenvalue weighted by molar-refractivity contribution is 8.00. The van der Waals surface area contributed by atoms with E-state index in [9.17, 15) is 17.6 Å². The Balaban J connectivity index is 1.67. The highest BCUT2D eigenvalue weighted by atomic mass is 35.5. The van der Waals surface area contributed by atoms with Crippen LogP contribution in [-0.4, -0.2) is 31.6 Å². The van der Waals surface area contributed by atoms with Crippen LogP contribution in [-0.2, 0) is 15.8 Å². The van der Waals surface area contributed by atoms with Gasteiger partial charge in [0.05, 0.1) is 5.02 Å². The normalized spacial score (nSPS) is 11.4. The van der Waals surface area contributed by atoms with Gasteiger partial charge in [-0.1, -0.05) is 46.8 Å². The van der Waals surface area contributed by atoms with Gasteiger partial charge in [-0.05, 0) is 42.9 Å². The van der Waals surface area contributed by atoms with E-state index in [4.69, 9.17) is 11.6 Å². The molecular formula is C17H14ClFN4O3S3. The Labute approximate surface area is 179 Å². The van der Waals surface area contributed by atoms with Crippen LogP contribution in [0, 0.1) is 5.82 Å². The lowest BCUT2D eigenvalue weighted by Gasteiger charge is -2.07. The van der Waals surface area contributed by atoms with Crippen molar-refractivity contribution in [3.05, 3.63) is 64.4 Å². The number of hydrogen-bond acceptors (Lipinski definition) is 7. The van der Waals surface area contributed by atoms with Crippen LogP contribution in [0.25, 0.3) is 0 Å². The molecule has 29 heavy (non-hydrogen) atoms. The number of nitrogens with one attached hydrogen (secondary N) is 2. The molecule has 152 valence electrons. The number of halogens is 2. The van der Waals surface area contributed by atoms with Crippen molar-refractivity contribution in [3.63, 3.8) is 0 Å². The Morgan fingerprint density at radius 2 is 1.93 bits per heavy atom. The van der Waals surface area contributed by atoms with Gasteiger partial charge in [0.15, 0.2) is 4.34 Å². The number of anilines is 1. The smallest absolute Gasteiger partial charge is 0.257 e. The molecule has 0 aliphatic rings. The van der Waals surface area contributed by atoms with Crippen molar-refractivity contribution in [2.75, 3.05) is 12.4 Å². The van der Waals surface area contributed by atoms with E-state index < -0.39 is 15.9 Å². The summed E-state index contributed by atoms with van der Waals surface area (Å²) in [5.74, 6) is -0.265. The van der Waals surface area contributed by atoms with Gasteiger partial charge in [0.25, 0.3) is 5.91 Å². The van der Waals surface area contributed by atoms with Gasteiger partial charge in [0.1, 0.15) is 10.7 Å². The highest BCUT2D eigenvalue weighted by Gasteiger charge is 2.19. The number of rotatable bonds is 7. The van der Waals surface area contributed by atoms with E-state index in [2.05, 4.69) is 20.2 Å². The molecule has 0 spiro atoms. The Bertz CT molecular complexity index is 1140. The fourth-order valence-electron chi connectivity index (χ4n) is 2.17. The molecule has 1 heterocycles. The van der Waals surface area contributed by atoms with Gasteiger partial charge in [-0.15, -0.1) is 10.2 Å². The molecule has 0 saturated heterocycles. The number of thioether (sulfide) groups is 1. The molecule has 3 aromatic rings. The molecule has 12 heteroatoms. The van der Waals surface area contributed by atoms with Gasteiger partial charge in [0, 0.05) is 11.3 Å². The minimum absolute atomic E-state index is 0.00583. The summed E-state index contributed by atoms with van der Waals surface area (Å²) in [6, 6.07) is 10.1. The molecule has 0 unspecified atom stereocenters. The quantitative estimate of drug-likeness (QED) is 0.401. The molecule has 7 nitrogen and oxygen atoms in total. The summed E-state index contributed by atoms with van der Waals surface area (Å²) < 4.78 is 39.7. The van der Waals surface area contributed by atoms with Crippen molar-refractivity contribution in [1.82, 2.24) is 14.9 Å². The third-order valence-electron chi connectivity index (χ3n) is 3.65. The molecule has 2 N–H and O–H groups in total. The number of sulfonamides is 1. The summed E-state index contributed by atoms with van der Waals surface area (Å²) in [5.41, 5.74) is 1.04. The molecule has 1 aromatic heterocycles. The van der Waals surface area contributed by atoms with Crippen molar-refractivity contribution in [2.24, 2.45) is 0 Å². The number of carbonyl (C=O) groups excluding carboxylic acids is 1. The largest absolute Gasteiger partial charge is 0.296 e. The first-order valence-corrected chi connectivity index (χ1v) is 11.7. The van der Waals surface area contributed by atoms with Crippen molar-refractivity contribution >= 4 is 55.8 Å². The lowest BCUT2D eigenvalue weighted by atomic mass is 10.2. The van der Waals surface area contributed by atoms with E-state index in [0.717, 1.165) is 5.56 Å². The maximum Gasteiger partial charge on any atom is 0.257 e. The van der Waals surface area contributed by atoms with Gasteiger partial charge in [0.2, 0.25) is 15.2 Å².